The van der Waals surface area contributed by atoms with Gasteiger partial charge in [0.1, 0.15) is 11.4 Å². The van der Waals surface area contributed by atoms with E-state index in [1.54, 1.807) is 24.3 Å². The van der Waals surface area contributed by atoms with Crippen LogP contribution < -0.4 is 11.5 Å². The molecule has 2 aromatic rings. The lowest BCUT2D eigenvalue weighted by Crippen LogP contribution is -2.47. The topological polar surface area (TPSA) is 72.3 Å². The van der Waals surface area contributed by atoms with Gasteiger partial charge in [0, 0.05) is 0 Å². The Hall–Kier alpha value is -1.84. The molecule has 3 heteroatoms. The number of benzene rings is 2. The Morgan fingerprint density at radius 3 is 1.71 bits per heavy atom. The van der Waals surface area contributed by atoms with Gasteiger partial charge in [-0.2, -0.15) is 0 Å². The van der Waals surface area contributed by atoms with Gasteiger partial charge in [-0.25, -0.2) is 0 Å². The maximum atomic E-state index is 9.25. The van der Waals surface area contributed by atoms with E-state index in [9.17, 15) is 5.11 Å². The highest BCUT2D eigenvalue weighted by Gasteiger charge is 2.23. The number of hydrogen-bond donors (Lipinski definition) is 3. The lowest BCUT2D eigenvalue weighted by Gasteiger charge is -2.25. The first kappa shape index (κ1) is 11.6. The van der Waals surface area contributed by atoms with Crippen molar-refractivity contribution in [3.8, 4) is 5.75 Å². The molecule has 88 valence electrons. The van der Waals surface area contributed by atoms with Crippen molar-refractivity contribution in [1.29, 1.82) is 0 Å². The summed E-state index contributed by atoms with van der Waals surface area (Å²) < 4.78 is 0. The highest BCUT2D eigenvalue weighted by molar-refractivity contribution is 5.39. The van der Waals surface area contributed by atoms with Crippen molar-refractivity contribution < 1.29 is 5.11 Å². The molecule has 0 bridgehead atoms. The van der Waals surface area contributed by atoms with Gasteiger partial charge in [-0.15, -0.1) is 0 Å². The number of phenolic OH excluding ortho intramolecular Hbond substituents is 1. The van der Waals surface area contributed by atoms with Crippen LogP contribution in [-0.4, -0.2) is 5.11 Å². The molecular weight excluding hydrogens is 212 g/mol. The van der Waals surface area contributed by atoms with Crippen molar-refractivity contribution in [2.75, 3.05) is 0 Å². The van der Waals surface area contributed by atoms with E-state index in [-0.39, 0.29) is 5.75 Å². The molecule has 3 nitrogen and oxygen atoms in total. The standard InChI is InChI=1S/C14H16N2O/c1-10-2-4-11(5-3-10)14(15,16)12-6-8-13(17)9-7-12/h2-9,17H,15-16H2,1H3. The summed E-state index contributed by atoms with van der Waals surface area (Å²) >= 11 is 0. The van der Waals surface area contributed by atoms with Crippen LogP contribution in [0, 0.1) is 6.92 Å². The average Bonchev–Trinajstić information content (AvgIpc) is 2.30. The van der Waals surface area contributed by atoms with Crippen LogP contribution in [0.25, 0.3) is 0 Å². The minimum Gasteiger partial charge on any atom is -0.508 e. The molecule has 0 saturated heterocycles. The number of nitrogens with two attached hydrogens (primary N) is 2. The average molecular weight is 228 g/mol. The van der Waals surface area contributed by atoms with Crippen LogP contribution in [0.15, 0.2) is 48.5 Å². The van der Waals surface area contributed by atoms with Crippen LogP contribution in [0.2, 0.25) is 0 Å². The molecule has 0 atom stereocenters. The number of aryl methyl sites for hydroxylation is 1. The van der Waals surface area contributed by atoms with Gasteiger partial charge in [0.15, 0.2) is 0 Å². The Bertz CT molecular complexity index is 453. The van der Waals surface area contributed by atoms with Gasteiger partial charge in [0.05, 0.1) is 0 Å². The van der Waals surface area contributed by atoms with Crippen LogP contribution in [0.4, 0.5) is 0 Å². The first-order valence-electron chi connectivity index (χ1n) is 5.44. The van der Waals surface area contributed by atoms with Gasteiger partial charge < -0.3 is 16.6 Å². The number of phenols is 1. The Balaban J connectivity index is 2.41. The van der Waals surface area contributed by atoms with Gasteiger partial charge in [0.25, 0.3) is 0 Å². The quantitative estimate of drug-likeness (QED) is 0.686. The first-order chi connectivity index (χ1) is 8.00. The molecule has 0 amide bonds. The molecule has 17 heavy (non-hydrogen) atoms. The zero-order valence-corrected chi connectivity index (χ0v) is 9.72. The Morgan fingerprint density at radius 1 is 0.824 bits per heavy atom. The van der Waals surface area contributed by atoms with Crippen molar-refractivity contribution >= 4 is 0 Å². The van der Waals surface area contributed by atoms with Crippen LogP contribution in [0.5, 0.6) is 5.75 Å². The van der Waals surface area contributed by atoms with Crippen molar-refractivity contribution in [2.45, 2.75) is 12.6 Å². The Labute approximate surface area is 101 Å². The van der Waals surface area contributed by atoms with E-state index in [1.165, 1.54) is 0 Å². The second-order valence-corrected chi connectivity index (χ2v) is 4.28. The van der Waals surface area contributed by atoms with E-state index < -0.39 is 5.66 Å². The zero-order chi connectivity index (χ0) is 12.5. The summed E-state index contributed by atoms with van der Waals surface area (Å²) in [7, 11) is 0. The lowest BCUT2D eigenvalue weighted by molar-refractivity contribution is 0.474. The second kappa shape index (κ2) is 4.20. The Kier molecular flexibility index (Phi) is 2.88. The largest absolute Gasteiger partial charge is 0.508 e. The molecule has 0 unspecified atom stereocenters. The molecule has 0 fully saturated rings. The fourth-order valence-electron chi connectivity index (χ4n) is 1.73. The first-order valence-corrected chi connectivity index (χ1v) is 5.44. The van der Waals surface area contributed by atoms with Gasteiger partial charge in [-0.1, -0.05) is 42.0 Å². The summed E-state index contributed by atoms with van der Waals surface area (Å²) in [4.78, 5) is 0. The summed E-state index contributed by atoms with van der Waals surface area (Å²) in [5.74, 6) is 0.202. The van der Waals surface area contributed by atoms with Gasteiger partial charge >= 0.3 is 0 Å². The highest BCUT2D eigenvalue weighted by atomic mass is 16.3. The third-order valence-corrected chi connectivity index (χ3v) is 2.87. The maximum absolute atomic E-state index is 9.25. The van der Waals surface area contributed by atoms with Crippen molar-refractivity contribution in [3.63, 3.8) is 0 Å². The molecule has 0 spiro atoms. The van der Waals surface area contributed by atoms with E-state index in [1.807, 2.05) is 31.2 Å². The third kappa shape index (κ3) is 2.30. The molecule has 0 aliphatic carbocycles. The second-order valence-electron chi connectivity index (χ2n) is 4.28. The lowest BCUT2D eigenvalue weighted by atomic mass is 9.92. The molecule has 0 radical (unpaired) electrons. The van der Waals surface area contributed by atoms with Crippen LogP contribution in [0.3, 0.4) is 0 Å². The molecule has 0 aliphatic rings. The van der Waals surface area contributed by atoms with Gasteiger partial charge in [0.2, 0.25) is 0 Å². The molecule has 0 aromatic heterocycles. The predicted octanol–water partition coefficient (Wildman–Crippen LogP) is 1.82. The normalized spacial score (nSPS) is 11.5. The molecule has 5 N–H and O–H groups in total. The smallest absolute Gasteiger partial charge is 0.116 e. The fourth-order valence-corrected chi connectivity index (χ4v) is 1.73. The van der Waals surface area contributed by atoms with E-state index in [0.29, 0.717) is 0 Å². The predicted molar refractivity (Wildman–Crippen MR) is 68.4 cm³/mol. The monoisotopic (exact) mass is 228 g/mol. The molecular formula is C14H16N2O. The van der Waals surface area contributed by atoms with Crippen molar-refractivity contribution in [1.82, 2.24) is 0 Å². The van der Waals surface area contributed by atoms with Crippen molar-refractivity contribution in [3.05, 3.63) is 65.2 Å². The molecule has 2 aromatic carbocycles. The van der Waals surface area contributed by atoms with E-state index in [0.717, 1.165) is 16.7 Å². The minimum absolute atomic E-state index is 0.202. The maximum Gasteiger partial charge on any atom is 0.116 e. The number of rotatable bonds is 2. The Morgan fingerprint density at radius 2 is 1.24 bits per heavy atom. The van der Waals surface area contributed by atoms with Gasteiger partial charge in [-0.3, -0.25) is 0 Å². The summed E-state index contributed by atoms with van der Waals surface area (Å²) in [5.41, 5.74) is 14.0. The molecule has 2 rings (SSSR count). The summed E-state index contributed by atoms with van der Waals surface area (Å²) in [6, 6.07) is 14.4. The highest BCUT2D eigenvalue weighted by Crippen LogP contribution is 2.23. The molecule has 0 aliphatic heterocycles. The minimum atomic E-state index is -1.04. The van der Waals surface area contributed by atoms with Crippen LogP contribution >= 0.6 is 0 Å². The molecule has 0 saturated carbocycles. The van der Waals surface area contributed by atoms with E-state index in [2.05, 4.69) is 0 Å². The SMILES string of the molecule is Cc1ccc(C(N)(N)c2ccc(O)cc2)cc1. The van der Waals surface area contributed by atoms with E-state index >= 15 is 0 Å². The van der Waals surface area contributed by atoms with Crippen molar-refractivity contribution in [2.24, 2.45) is 11.5 Å². The molecule has 0 heterocycles. The zero-order valence-electron chi connectivity index (χ0n) is 9.72. The van der Waals surface area contributed by atoms with Crippen LogP contribution in [-0.2, 0) is 5.66 Å². The summed E-state index contributed by atoms with van der Waals surface area (Å²) in [6.07, 6.45) is 0. The van der Waals surface area contributed by atoms with Crippen LogP contribution in [0.1, 0.15) is 16.7 Å². The fraction of sp³-hybridized carbons (Fsp3) is 0.143. The summed E-state index contributed by atoms with van der Waals surface area (Å²) in [6.45, 7) is 2.01. The number of hydrogen-bond acceptors (Lipinski definition) is 3. The van der Waals surface area contributed by atoms with Gasteiger partial charge in [-0.05, 0) is 30.2 Å². The summed E-state index contributed by atoms with van der Waals surface area (Å²) in [5, 5.41) is 9.25. The third-order valence-electron chi connectivity index (χ3n) is 2.87. The number of aromatic hydroxyl groups is 1. The van der Waals surface area contributed by atoms with E-state index in [4.69, 9.17) is 11.5 Å².